The van der Waals surface area contributed by atoms with Gasteiger partial charge in [-0.05, 0) is 12.5 Å². The summed E-state index contributed by atoms with van der Waals surface area (Å²) in [6.07, 6.45) is -0.816. The summed E-state index contributed by atoms with van der Waals surface area (Å²) >= 11 is 0. The normalized spacial score (nSPS) is 12.4. The molecule has 5 nitrogen and oxygen atoms in total. The molecule has 0 saturated heterocycles. The first-order valence-corrected chi connectivity index (χ1v) is 6.39. The predicted molar refractivity (Wildman–Crippen MR) is 63.6 cm³/mol. The van der Waals surface area contributed by atoms with Gasteiger partial charge in [-0.2, -0.15) is 10.6 Å². The average molecular weight is 256 g/mol. The van der Waals surface area contributed by atoms with Crippen molar-refractivity contribution in [2.45, 2.75) is 19.3 Å². The standard InChI is InChI=1S/C11H14NO4S/c1-2-16-11(14)12-17(15)8-10-5-3-4-9(6-10)7-13/h3-6,13H,2,7-8H2,1H3/q-1. The quantitative estimate of drug-likeness (QED) is 0.836. The zero-order chi connectivity index (χ0) is 12.7. The molecule has 0 unspecified atom stereocenters. The highest BCUT2D eigenvalue weighted by molar-refractivity contribution is 7.74. The maximum Gasteiger partial charge on any atom is 0.409 e. The van der Waals surface area contributed by atoms with Gasteiger partial charge in [-0.15, -0.1) is 0 Å². The number of rotatable bonds is 4. The van der Waals surface area contributed by atoms with Crippen LogP contribution in [0.4, 0.5) is 4.79 Å². The fourth-order valence-corrected chi connectivity index (χ4v) is 1.97. The van der Waals surface area contributed by atoms with Crippen LogP contribution in [-0.2, 0) is 31.9 Å². The summed E-state index contributed by atoms with van der Waals surface area (Å²) in [5.41, 5.74) is 1.48. The van der Waals surface area contributed by atoms with Gasteiger partial charge in [0.2, 0.25) is 0 Å². The molecule has 17 heavy (non-hydrogen) atoms. The first-order chi connectivity index (χ1) is 8.15. The first-order valence-electron chi connectivity index (χ1n) is 5.11. The van der Waals surface area contributed by atoms with Gasteiger partial charge < -0.3 is 14.1 Å². The molecule has 1 aromatic carbocycles. The zero-order valence-corrected chi connectivity index (χ0v) is 10.3. The molecule has 0 saturated carbocycles. The number of hydrogen-bond donors (Lipinski definition) is 1. The van der Waals surface area contributed by atoms with Gasteiger partial charge in [0.25, 0.3) is 0 Å². The van der Waals surface area contributed by atoms with E-state index in [0.717, 1.165) is 11.1 Å². The molecule has 0 spiro atoms. The third kappa shape index (κ3) is 4.97. The molecule has 0 aromatic heterocycles. The molecule has 0 aliphatic carbocycles. The third-order valence-electron chi connectivity index (χ3n) is 1.91. The summed E-state index contributed by atoms with van der Waals surface area (Å²) < 4.78 is 19.4. The van der Waals surface area contributed by atoms with Crippen molar-refractivity contribution in [3.63, 3.8) is 0 Å². The van der Waals surface area contributed by atoms with E-state index in [1.54, 1.807) is 31.2 Å². The van der Waals surface area contributed by atoms with Crippen LogP contribution < -0.4 is 0 Å². The van der Waals surface area contributed by atoms with Crippen molar-refractivity contribution in [3.05, 3.63) is 35.4 Å². The Morgan fingerprint density at radius 3 is 2.82 bits per heavy atom. The summed E-state index contributed by atoms with van der Waals surface area (Å²) in [6.45, 7) is 1.79. The smallest absolute Gasteiger partial charge is 0.409 e. The molecule has 0 atom stereocenters. The summed E-state index contributed by atoms with van der Waals surface area (Å²) in [6, 6.07) is 6.99. The maximum absolute atomic E-state index is 11.5. The van der Waals surface area contributed by atoms with Gasteiger partial charge in [-0.25, -0.2) is 4.79 Å². The Bertz CT molecular complexity index is 466. The van der Waals surface area contributed by atoms with Crippen molar-refractivity contribution in [1.29, 1.82) is 0 Å². The molecular weight excluding hydrogens is 242 g/mol. The second-order valence-electron chi connectivity index (χ2n) is 3.23. The lowest BCUT2D eigenvalue weighted by atomic mass is 10.1. The van der Waals surface area contributed by atoms with Gasteiger partial charge in [0.05, 0.1) is 13.2 Å². The zero-order valence-electron chi connectivity index (χ0n) is 9.46. The van der Waals surface area contributed by atoms with Gasteiger partial charge in [0, 0.05) is 0 Å². The van der Waals surface area contributed by atoms with Gasteiger partial charge in [0.1, 0.15) is 0 Å². The molecule has 0 bridgehead atoms. The Hall–Kier alpha value is -1.40. The summed E-state index contributed by atoms with van der Waals surface area (Å²) in [7, 11) is -1.64. The molecule has 1 amide bonds. The number of hydrogen-bond acceptors (Lipinski definition) is 5. The van der Waals surface area contributed by atoms with Crippen molar-refractivity contribution >= 4 is 16.7 Å². The highest BCUT2D eigenvalue weighted by Gasteiger charge is 1.94. The molecule has 1 aromatic rings. The fraction of sp³-hybridized carbons (Fsp3) is 0.364. The lowest BCUT2D eigenvalue weighted by Gasteiger charge is -2.06. The Morgan fingerprint density at radius 1 is 1.47 bits per heavy atom. The molecule has 94 valence electrons. The Kier molecular flexibility index (Phi) is 5.65. The first kappa shape index (κ1) is 13.7. The van der Waals surface area contributed by atoms with E-state index in [-0.39, 0.29) is 19.0 Å². The minimum absolute atomic E-state index is 0.0739. The second kappa shape index (κ2) is 7.03. The van der Waals surface area contributed by atoms with Gasteiger partial charge in [-0.1, -0.05) is 35.6 Å². The number of nitrogens with zero attached hydrogens (tertiary/aromatic N) is 1. The second-order valence-corrected chi connectivity index (χ2v) is 4.35. The highest BCUT2D eigenvalue weighted by atomic mass is 32.2. The molecule has 6 heteroatoms. The highest BCUT2D eigenvalue weighted by Crippen LogP contribution is 2.07. The summed E-state index contributed by atoms with van der Waals surface area (Å²) in [5.74, 6) is 0.132. The van der Waals surface area contributed by atoms with Crippen LogP contribution in [0.3, 0.4) is 0 Å². The Balaban J connectivity index is 2.70. The number of ether oxygens (including phenoxy) is 1. The largest absolute Gasteiger partial charge is 0.450 e. The van der Waals surface area contributed by atoms with Crippen molar-refractivity contribution in [1.82, 2.24) is 0 Å². The van der Waals surface area contributed by atoms with Crippen LogP contribution in [0.15, 0.2) is 28.6 Å². The molecular formula is C11H14NO4S-. The third-order valence-corrected chi connectivity index (χ3v) is 2.84. The van der Waals surface area contributed by atoms with E-state index < -0.39 is 16.7 Å². The summed E-state index contributed by atoms with van der Waals surface area (Å²) in [5, 5.41) is 8.94. The molecule has 0 radical (unpaired) electrons. The van der Waals surface area contributed by atoms with Crippen LogP contribution in [0.1, 0.15) is 18.1 Å². The number of carbonyl (C=O) groups excluding carboxylic acids is 1. The Morgan fingerprint density at radius 2 is 2.18 bits per heavy atom. The summed E-state index contributed by atoms with van der Waals surface area (Å²) in [4.78, 5) is 10.9. The van der Waals surface area contributed by atoms with Crippen LogP contribution in [0, 0.1) is 0 Å². The number of aliphatic hydroxyl groups excluding tert-OH is 1. The monoisotopic (exact) mass is 256 g/mol. The SMILES string of the molecule is CCOC(=O)N=[S-](=O)Cc1cccc(CO)c1. The van der Waals surface area contributed by atoms with E-state index in [2.05, 4.69) is 9.10 Å². The molecule has 0 aliphatic heterocycles. The van der Waals surface area contributed by atoms with E-state index in [9.17, 15) is 9.00 Å². The maximum atomic E-state index is 11.5. The van der Waals surface area contributed by atoms with Crippen LogP contribution in [-0.4, -0.2) is 17.8 Å². The number of carbonyl (C=O) groups is 1. The van der Waals surface area contributed by atoms with Crippen molar-refractivity contribution < 1.29 is 18.8 Å². The van der Waals surface area contributed by atoms with Crippen LogP contribution in [0.5, 0.6) is 0 Å². The number of amides is 1. The van der Waals surface area contributed by atoms with Crippen molar-refractivity contribution in [2.75, 3.05) is 6.61 Å². The minimum Gasteiger partial charge on any atom is -0.450 e. The topological polar surface area (TPSA) is 76.0 Å². The van der Waals surface area contributed by atoms with Crippen LogP contribution in [0.2, 0.25) is 0 Å². The average Bonchev–Trinajstić information content (AvgIpc) is 2.29. The van der Waals surface area contributed by atoms with Crippen molar-refractivity contribution in [2.24, 2.45) is 4.36 Å². The van der Waals surface area contributed by atoms with E-state index in [4.69, 9.17) is 5.11 Å². The molecule has 0 aliphatic rings. The number of benzene rings is 1. The fourth-order valence-electron chi connectivity index (χ4n) is 1.23. The molecule has 1 rings (SSSR count). The van der Waals surface area contributed by atoms with Crippen molar-refractivity contribution in [3.8, 4) is 0 Å². The molecule has 0 fully saturated rings. The van der Waals surface area contributed by atoms with Gasteiger partial charge >= 0.3 is 6.09 Å². The van der Waals surface area contributed by atoms with E-state index in [0.29, 0.717) is 0 Å². The minimum atomic E-state index is -1.64. The van der Waals surface area contributed by atoms with E-state index in [1.165, 1.54) is 0 Å². The lowest BCUT2D eigenvalue weighted by Crippen LogP contribution is -1.98. The lowest BCUT2D eigenvalue weighted by molar-refractivity contribution is 0.164. The molecule has 1 N–H and O–H groups in total. The van der Waals surface area contributed by atoms with Crippen LogP contribution in [0.25, 0.3) is 0 Å². The van der Waals surface area contributed by atoms with E-state index in [1.807, 2.05) is 0 Å². The van der Waals surface area contributed by atoms with Gasteiger partial charge in [-0.3, -0.25) is 4.36 Å². The Labute approximate surface area is 102 Å². The predicted octanol–water partition coefficient (Wildman–Crippen LogP) is 1.98. The molecule has 0 heterocycles. The van der Waals surface area contributed by atoms with E-state index >= 15 is 0 Å². The number of aliphatic hydroxyl groups is 1. The van der Waals surface area contributed by atoms with Crippen LogP contribution >= 0.6 is 0 Å². The van der Waals surface area contributed by atoms with Gasteiger partial charge in [0.15, 0.2) is 0 Å².